The number of hydrogen-bond donors (Lipinski definition) is 3. The number of hydrogen-bond acceptors (Lipinski definition) is 4. The fourth-order valence-electron chi connectivity index (χ4n) is 2.13. The maximum atomic E-state index is 13.0. The van der Waals surface area contributed by atoms with E-state index in [0.29, 0.717) is 18.7 Å². The lowest BCUT2D eigenvalue weighted by atomic mass is 10.1. The molecular formula is C15H20ClF2N3O3. The molecule has 0 bridgehead atoms. The average Bonchev–Trinajstić information content (AvgIpc) is 3.07. The number of amides is 2. The molecule has 1 fully saturated rings. The molecule has 1 aliphatic rings. The molecule has 1 atom stereocenters. The lowest BCUT2D eigenvalue weighted by Crippen LogP contribution is -2.41. The molecule has 0 aromatic heterocycles. The molecule has 2 amide bonds. The van der Waals surface area contributed by atoms with Crippen LogP contribution in [0.5, 0.6) is 0 Å². The minimum absolute atomic E-state index is 0. The van der Waals surface area contributed by atoms with Gasteiger partial charge in [0, 0.05) is 17.9 Å². The lowest BCUT2D eigenvalue weighted by molar-refractivity contribution is -0.124. The van der Waals surface area contributed by atoms with E-state index < -0.39 is 31.0 Å². The summed E-state index contributed by atoms with van der Waals surface area (Å²) in [6.45, 7) is -1.13. The smallest absolute Gasteiger partial charge is 0.277 e. The second-order valence-electron chi connectivity index (χ2n) is 5.31. The molecule has 24 heavy (non-hydrogen) atoms. The second-order valence-corrected chi connectivity index (χ2v) is 5.31. The van der Waals surface area contributed by atoms with Crippen LogP contribution in [0.4, 0.5) is 14.5 Å². The minimum atomic E-state index is -3.15. The van der Waals surface area contributed by atoms with E-state index in [2.05, 4.69) is 10.6 Å². The van der Waals surface area contributed by atoms with Gasteiger partial charge in [0.1, 0.15) is 6.10 Å². The number of halogens is 3. The maximum Gasteiger partial charge on any atom is 0.277 e. The molecule has 1 aliphatic heterocycles. The van der Waals surface area contributed by atoms with Gasteiger partial charge in [-0.2, -0.15) is 0 Å². The maximum absolute atomic E-state index is 13.0. The van der Waals surface area contributed by atoms with Crippen molar-refractivity contribution in [1.29, 1.82) is 0 Å². The fourth-order valence-corrected chi connectivity index (χ4v) is 2.13. The molecule has 2 rings (SSSR count). The van der Waals surface area contributed by atoms with Gasteiger partial charge < -0.3 is 21.1 Å². The Morgan fingerprint density at radius 1 is 1.38 bits per heavy atom. The zero-order valence-electron chi connectivity index (χ0n) is 12.9. The molecule has 134 valence electrons. The highest BCUT2D eigenvalue weighted by molar-refractivity contribution is 5.98. The Labute approximate surface area is 144 Å². The first-order valence-corrected chi connectivity index (χ1v) is 7.30. The second kappa shape index (κ2) is 8.91. The van der Waals surface area contributed by atoms with Gasteiger partial charge in [0.25, 0.3) is 17.7 Å². The molecule has 1 unspecified atom stereocenters. The van der Waals surface area contributed by atoms with Crippen molar-refractivity contribution >= 4 is 29.9 Å². The van der Waals surface area contributed by atoms with Gasteiger partial charge in [0.2, 0.25) is 0 Å². The van der Waals surface area contributed by atoms with E-state index >= 15 is 0 Å². The number of nitrogens with one attached hydrogen (secondary N) is 2. The molecule has 0 aliphatic carbocycles. The standard InChI is InChI=1S/C15H19F2N3O3.ClH/c16-15(17,8-18)9-19-13(21)10-3-1-4-11(7-10)20-14(22)12-5-2-6-23-12;/h1,3-4,7,12H,2,5-6,8-9,18H2,(H,19,21)(H,20,22);1H. The SMILES string of the molecule is Cl.NCC(F)(F)CNC(=O)c1cccc(NC(=O)C2CCCO2)c1. The molecule has 1 aromatic carbocycles. The number of benzene rings is 1. The zero-order valence-corrected chi connectivity index (χ0v) is 13.7. The van der Waals surface area contributed by atoms with Gasteiger partial charge in [-0.3, -0.25) is 9.59 Å². The zero-order chi connectivity index (χ0) is 16.9. The first kappa shape index (κ1) is 20.3. The van der Waals surface area contributed by atoms with Crippen LogP contribution in [0.3, 0.4) is 0 Å². The molecular weight excluding hydrogens is 344 g/mol. The minimum Gasteiger partial charge on any atom is -0.368 e. The van der Waals surface area contributed by atoms with E-state index in [-0.39, 0.29) is 23.9 Å². The Balaban J connectivity index is 0.00000288. The van der Waals surface area contributed by atoms with Crippen LogP contribution in [0, 0.1) is 0 Å². The highest BCUT2D eigenvalue weighted by Crippen LogP contribution is 2.16. The summed E-state index contributed by atoms with van der Waals surface area (Å²) in [4.78, 5) is 23.8. The fraction of sp³-hybridized carbons (Fsp3) is 0.467. The Kier molecular flexibility index (Phi) is 7.53. The van der Waals surface area contributed by atoms with Crippen LogP contribution in [0.2, 0.25) is 0 Å². The first-order chi connectivity index (χ1) is 10.9. The van der Waals surface area contributed by atoms with Crippen molar-refractivity contribution in [1.82, 2.24) is 5.32 Å². The van der Waals surface area contributed by atoms with Crippen LogP contribution in [0.15, 0.2) is 24.3 Å². The monoisotopic (exact) mass is 363 g/mol. The van der Waals surface area contributed by atoms with Gasteiger partial charge in [-0.25, -0.2) is 8.78 Å². The summed E-state index contributed by atoms with van der Waals surface area (Å²) < 4.78 is 31.4. The summed E-state index contributed by atoms with van der Waals surface area (Å²) in [5, 5.41) is 4.77. The number of rotatable bonds is 6. The largest absolute Gasteiger partial charge is 0.368 e. The third-order valence-corrected chi connectivity index (χ3v) is 3.42. The van der Waals surface area contributed by atoms with Gasteiger partial charge in [-0.1, -0.05) is 6.07 Å². The number of anilines is 1. The molecule has 9 heteroatoms. The summed E-state index contributed by atoms with van der Waals surface area (Å²) in [7, 11) is 0. The quantitative estimate of drug-likeness (QED) is 0.715. The third-order valence-electron chi connectivity index (χ3n) is 3.42. The Bertz CT molecular complexity index is 581. The summed E-state index contributed by atoms with van der Waals surface area (Å²) in [5.41, 5.74) is 5.48. The van der Waals surface area contributed by atoms with Gasteiger partial charge in [-0.15, -0.1) is 12.4 Å². The van der Waals surface area contributed by atoms with E-state index in [0.717, 1.165) is 6.42 Å². The Morgan fingerprint density at radius 3 is 2.75 bits per heavy atom. The third kappa shape index (κ3) is 5.70. The van der Waals surface area contributed by atoms with Crippen LogP contribution in [-0.4, -0.2) is 43.5 Å². The average molecular weight is 364 g/mol. The first-order valence-electron chi connectivity index (χ1n) is 7.30. The molecule has 1 saturated heterocycles. The van der Waals surface area contributed by atoms with Crippen LogP contribution in [0.1, 0.15) is 23.2 Å². The van der Waals surface area contributed by atoms with E-state index in [1.807, 2.05) is 0 Å². The lowest BCUT2D eigenvalue weighted by Gasteiger charge is -2.15. The number of carbonyl (C=O) groups is 2. The van der Waals surface area contributed by atoms with E-state index in [1.165, 1.54) is 12.1 Å². The summed E-state index contributed by atoms with van der Waals surface area (Å²) in [5.74, 6) is -4.09. The topological polar surface area (TPSA) is 93.5 Å². The summed E-state index contributed by atoms with van der Waals surface area (Å²) >= 11 is 0. The molecule has 0 radical (unpaired) electrons. The highest BCUT2D eigenvalue weighted by Gasteiger charge is 2.27. The van der Waals surface area contributed by atoms with E-state index in [9.17, 15) is 18.4 Å². The van der Waals surface area contributed by atoms with Crippen molar-refractivity contribution in [3.05, 3.63) is 29.8 Å². The molecule has 1 aromatic rings. The summed E-state index contributed by atoms with van der Waals surface area (Å²) in [6.07, 6.45) is 0.992. The van der Waals surface area contributed by atoms with Crippen molar-refractivity contribution in [2.75, 3.05) is 25.0 Å². The van der Waals surface area contributed by atoms with Crippen LogP contribution >= 0.6 is 12.4 Å². The van der Waals surface area contributed by atoms with Crippen LogP contribution in [-0.2, 0) is 9.53 Å². The Hall–Kier alpha value is -1.77. The van der Waals surface area contributed by atoms with E-state index in [1.54, 1.807) is 12.1 Å². The van der Waals surface area contributed by atoms with Crippen molar-refractivity contribution in [2.45, 2.75) is 24.9 Å². The van der Waals surface area contributed by atoms with Crippen molar-refractivity contribution in [3.63, 3.8) is 0 Å². The number of alkyl halides is 2. The van der Waals surface area contributed by atoms with E-state index in [4.69, 9.17) is 10.5 Å². The Morgan fingerprint density at radius 2 is 2.12 bits per heavy atom. The van der Waals surface area contributed by atoms with Gasteiger partial charge in [0.15, 0.2) is 0 Å². The number of ether oxygens (including phenoxy) is 1. The summed E-state index contributed by atoms with van der Waals surface area (Å²) in [6, 6.07) is 6.06. The normalized spacial score (nSPS) is 17.0. The molecule has 0 saturated carbocycles. The van der Waals surface area contributed by atoms with Crippen molar-refractivity contribution in [2.24, 2.45) is 5.73 Å². The van der Waals surface area contributed by atoms with Gasteiger partial charge in [-0.05, 0) is 31.0 Å². The van der Waals surface area contributed by atoms with Crippen molar-refractivity contribution < 1.29 is 23.1 Å². The molecule has 1 heterocycles. The van der Waals surface area contributed by atoms with Crippen LogP contribution < -0.4 is 16.4 Å². The number of nitrogens with two attached hydrogens (primary N) is 1. The van der Waals surface area contributed by atoms with Crippen LogP contribution in [0.25, 0.3) is 0 Å². The number of carbonyl (C=O) groups excluding carboxylic acids is 2. The molecule has 4 N–H and O–H groups in total. The highest BCUT2D eigenvalue weighted by atomic mass is 35.5. The predicted octanol–water partition coefficient (Wildman–Crippen LogP) is 1.55. The predicted molar refractivity (Wildman–Crippen MR) is 87.6 cm³/mol. The van der Waals surface area contributed by atoms with Crippen molar-refractivity contribution in [3.8, 4) is 0 Å². The molecule has 6 nitrogen and oxygen atoms in total. The van der Waals surface area contributed by atoms with Gasteiger partial charge >= 0.3 is 0 Å². The molecule has 0 spiro atoms. The van der Waals surface area contributed by atoms with Gasteiger partial charge in [0.05, 0.1) is 13.1 Å².